The largest absolute Gasteiger partial charge is 0.427 e. The van der Waals surface area contributed by atoms with E-state index in [0.717, 1.165) is 11.0 Å². The van der Waals surface area contributed by atoms with Crippen LogP contribution in [-0.4, -0.2) is 11.8 Å². The van der Waals surface area contributed by atoms with Gasteiger partial charge < -0.3 is 4.65 Å². The fraction of sp³-hybridized carbons (Fsp3) is 0.222. The van der Waals surface area contributed by atoms with Gasteiger partial charge in [-0.3, -0.25) is 10.1 Å². The Labute approximate surface area is 86.5 Å². The van der Waals surface area contributed by atoms with E-state index in [9.17, 15) is 10.1 Å². The van der Waals surface area contributed by atoms with E-state index in [1.807, 2.05) is 12.9 Å². The van der Waals surface area contributed by atoms with Gasteiger partial charge in [-0.05, 0) is 17.1 Å². The summed E-state index contributed by atoms with van der Waals surface area (Å²) in [5.74, 6) is 0. The van der Waals surface area contributed by atoms with Crippen molar-refractivity contribution in [3.8, 4) is 6.07 Å². The molecule has 0 atom stereocenters. The van der Waals surface area contributed by atoms with E-state index >= 15 is 0 Å². The lowest BCUT2D eigenvalue weighted by Crippen LogP contribution is -2.24. The number of nitrogens with zero attached hydrogens (tertiary/aromatic N) is 2. The molecule has 0 saturated heterocycles. The van der Waals surface area contributed by atoms with Crippen molar-refractivity contribution in [2.75, 3.05) is 0 Å². The summed E-state index contributed by atoms with van der Waals surface area (Å²) in [6, 6.07) is 4.80. The van der Waals surface area contributed by atoms with Gasteiger partial charge in [0.2, 0.25) is 0 Å². The van der Waals surface area contributed by atoms with Crippen LogP contribution in [-0.2, 0) is 11.3 Å². The van der Waals surface area contributed by atoms with Crippen LogP contribution in [0.4, 0.5) is 5.69 Å². The summed E-state index contributed by atoms with van der Waals surface area (Å²) in [7, 11) is 0. The molecule has 0 unspecified atom stereocenters. The highest BCUT2D eigenvalue weighted by molar-refractivity contribution is 6.67. The molecular weight excluding hydrogens is 195 g/mol. The normalized spacial score (nSPS) is 13.5. The Hall–Kier alpha value is -1.87. The van der Waals surface area contributed by atoms with Crippen molar-refractivity contribution >= 4 is 18.1 Å². The molecule has 1 aliphatic heterocycles. The second-order valence-electron chi connectivity index (χ2n) is 3.39. The monoisotopic (exact) mass is 202 g/mol. The first kappa shape index (κ1) is 9.68. The van der Waals surface area contributed by atoms with E-state index in [4.69, 9.17) is 9.92 Å². The minimum Gasteiger partial charge on any atom is -0.427 e. The minimum atomic E-state index is -0.538. The van der Waals surface area contributed by atoms with E-state index in [1.54, 1.807) is 0 Å². The zero-order chi connectivity index (χ0) is 11.0. The van der Waals surface area contributed by atoms with Crippen molar-refractivity contribution in [1.29, 1.82) is 5.26 Å². The Bertz CT molecular complexity index is 481. The van der Waals surface area contributed by atoms with Crippen LogP contribution < -0.4 is 5.46 Å². The highest BCUT2D eigenvalue weighted by Crippen LogP contribution is 2.21. The Morgan fingerprint density at radius 3 is 3.00 bits per heavy atom. The summed E-state index contributed by atoms with van der Waals surface area (Å²) < 4.78 is 5.33. The van der Waals surface area contributed by atoms with Gasteiger partial charge in [-0.15, -0.1) is 0 Å². The number of nitriles is 1. The van der Waals surface area contributed by atoms with E-state index in [0.29, 0.717) is 6.61 Å². The maximum absolute atomic E-state index is 10.7. The highest BCUT2D eigenvalue weighted by atomic mass is 16.6. The molecule has 74 valence electrons. The molecule has 1 heterocycles. The van der Waals surface area contributed by atoms with Crippen molar-refractivity contribution in [3.05, 3.63) is 33.4 Å². The maximum Gasteiger partial charge on any atom is 0.324 e. The molecular formula is C9H7BN2O3. The Morgan fingerprint density at radius 2 is 2.40 bits per heavy atom. The van der Waals surface area contributed by atoms with Gasteiger partial charge in [-0.2, -0.15) is 5.26 Å². The number of hydrogen-bond donors (Lipinski definition) is 0. The second kappa shape index (κ2) is 3.37. The van der Waals surface area contributed by atoms with Crippen molar-refractivity contribution in [2.24, 2.45) is 0 Å². The Kier molecular flexibility index (Phi) is 2.17. The van der Waals surface area contributed by atoms with Crippen LogP contribution in [0.1, 0.15) is 11.1 Å². The zero-order valence-electron chi connectivity index (χ0n) is 8.06. The smallest absolute Gasteiger partial charge is 0.324 e. The average Bonchev–Trinajstić information content (AvgIpc) is 2.58. The molecule has 1 aliphatic rings. The van der Waals surface area contributed by atoms with Crippen LogP contribution in [0, 0.1) is 21.4 Å². The molecule has 2 rings (SSSR count). The molecule has 0 radical (unpaired) electrons. The molecule has 0 fully saturated rings. The second-order valence-corrected chi connectivity index (χ2v) is 3.39. The summed E-state index contributed by atoms with van der Waals surface area (Å²) in [4.78, 5) is 10.2. The Morgan fingerprint density at radius 1 is 1.67 bits per heavy atom. The molecule has 0 N–H and O–H groups in total. The van der Waals surface area contributed by atoms with Crippen molar-refractivity contribution in [3.63, 3.8) is 0 Å². The average molecular weight is 202 g/mol. The third-order valence-corrected chi connectivity index (χ3v) is 2.50. The minimum absolute atomic E-state index is 0.0939. The molecule has 0 aromatic heterocycles. The van der Waals surface area contributed by atoms with Crippen LogP contribution >= 0.6 is 0 Å². The van der Waals surface area contributed by atoms with Crippen LogP contribution in [0.25, 0.3) is 0 Å². The summed E-state index contributed by atoms with van der Waals surface area (Å²) in [6.07, 6.45) is 0. The standard InChI is InChI=1S/C9H7BN2O3/c1-10-8-3-9(12(13)14)6(4-11)2-7(8)5-15-10/h2-3H,5H2,1H3. The lowest BCUT2D eigenvalue weighted by Gasteiger charge is -2.00. The zero-order valence-corrected chi connectivity index (χ0v) is 8.06. The maximum atomic E-state index is 10.7. The van der Waals surface area contributed by atoms with E-state index in [-0.39, 0.29) is 18.2 Å². The first-order valence-corrected chi connectivity index (χ1v) is 4.46. The lowest BCUT2D eigenvalue weighted by atomic mass is 9.64. The van der Waals surface area contributed by atoms with Crippen LogP contribution in [0.3, 0.4) is 0 Å². The molecule has 0 spiro atoms. The molecule has 6 heteroatoms. The summed E-state index contributed by atoms with van der Waals surface area (Å²) in [5, 5.41) is 19.5. The number of benzene rings is 1. The number of nitro benzene ring substituents is 1. The number of rotatable bonds is 1. The van der Waals surface area contributed by atoms with Crippen molar-refractivity contribution in [2.45, 2.75) is 13.4 Å². The van der Waals surface area contributed by atoms with Gasteiger partial charge in [0.05, 0.1) is 11.5 Å². The third-order valence-electron chi connectivity index (χ3n) is 2.50. The predicted molar refractivity (Wildman–Crippen MR) is 53.9 cm³/mol. The molecule has 5 nitrogen and oxygen atoms in total. The van der Waals surface area contributed by atoms with Gasteiger partial charge >= 0.3 is 6.92 Å². The highest BCUT2D eigenvalue weighted by Gasteiger charge is 2.28. The van der Waals surface area contributed by atoms with Gasteiger partial charge in [0.25, 0.3) is 5.69 Å². The fourth-order valence-electron chi connectivity index (χ4n) is 1.70. The molecule has 0 aliphatic carbocycles. The third kappa shape index (κ3) is 1.47. The van der Waals surface area contributed by atoms with Crippen LogP contribution in [0.2, 0.25) is 6.82 Å². The molecule has 0 bridgehead atoms. The number of nitro groups is 1. The lowest BCUT2D eigenvalue weighted by molar-refractivity contribution is -0.385. The van der Waals surface area contributed by atoms with Crippen molar-refractivity contribution in [1.82, 2.24) is 0 Å². The van der Waals surface area contributed by atoms with Crippen LogP contribution in [0.5, 0.6) is 0 Å². The van der Waals surface area contributed by atoms with Gasteiger partial charge in [0.1, 0.15) is 11.6 Å². The predicted octanol–water partition coefficient (Wildman–Crippen LogP) is 0.825. The van der Waals surface area contributed by atoms with Gasteiger partial charge in [0, 0.05) is 6.07 Å². The van der Waals surface area contributed by atoms with Crippen molar-refractivity contribution < 1.29 is 9.58 Å². The molecule has 0 amide bonds. The molecule has 15 heavy (non-hydrogen) atoms. The van der Waals surface area contributed by atoms with Gasteiger partial charge in [-0.25, -0.2) is 0 Å². The SMILES string of the molecule is CB1OCc2cc(C#N)c([N+](=O)[O-])cc21. The topological polar surface area (TPSA) is 76.2 Å². The van der Waals surface area contributed by atoms with Crippen LogP contribution in [0.15, 0.2) is 12.1 Å². The Balaban J connectivity index is 2.63. The first-order chi connectivity index (χ1) is 7.13. The van der Waals surface area contributed by atoms with E-state index < -0.39 is 4.92 Å². The molecule has 0 saturated carbocycles. The van der Waals surface area contributed by atoms with E-state index in [2.05, 4.69) is 0 Å². The fourth-order valence-corrected chi connectivity index (χ4v) is 1.70. The quantitative estimate of drug-likeness (QED) is 0.383. The van der Waals surface area contributed by atoms with Gasteiger partial charge in [-0.1, -0.05) is 6.82 Å². The molecule has 1 aromatic carbocycles. The number of hydrogen-bond acceptors (Lipinski definition) is 4. The molecule has 1 aromatic rings. The summed E-state index contributed by atoms with van der Waals surface area (Å²) >= 11 is 0. The summed E-state index contributed by atoms with van der Waals surface area (Å²) in [6.45, 7) is 2.12. The summed E-state index contributed by atoms with van der Waals surface area (Å²) in [5.41, 5.74) is 1.62. The van der Waals surface area contributed by atoms with Gasteiger partial charge in [0.15, 0.2) is 0 Å². The first-order valence-electron chi connectivity index (χ1n) is 4.46. The number of fused-ring (bicyclic) bond motifs is 1. The van der Waals surface area contributed by atoms with E-state index in [1.165, 1.54) is 12.1 Å².